The monoisotopic (exact) mass is 363 g/mol. The first-order valence-electron chi connectivity index (χ1n) is 7.42. The third-order valence-electron chi connectivity index (χ3n) is 4.05. The summed E-state index contributed by atoms with van der Waals surface area (Å²) >= 11 is 3.38. The summed E-state index contributed by atoms with van der Waals surface area (Å²) in [5.41, 5.74) is 0.650. The maximum Gasteiger partial charge on any atom is 0.261 e. The highest BCUT2D eigenvalue weighted by molar-refractivity contribution is 9.10. The molecule has 1 aromatic heterocycles. The standard InChI is InChI=1S/C16H18BrN3O2/c1-9(2)19-15(21)10-5-12(6-10)20-8-18-14-4-3-11(17)7-13(14)16(20)22/h3-4,7-10,12H,5-6H2,1-2H3,(H,19,21). The molecule has 116 valence electrons. The fourth-order valence-corrected chi connectivity index (χ4v) is 3.16. The Morgan fingerprint density at radius 1 is 1.41 bits per heavy atom. The maximum atomic E-state index is 12.6. The van der Waals surface area contributed by atoms with Crippen molar-refractivity contribution in [3.05, 3.63) is 39.4 Å². The zero-order valence-electron chi connectivity index (χ0n) is 12.5. The molecule has 0 aliphatic heterocycles. The lowest BCUT2D eigenvalue weighted by Gasteiger charge is -2.35. The second-order valence-electron chi connectivity index (χ2n) is 6.10. The van der Waals surface area contributed by atoms with Crippen LogP contribution in [0.5, 0.6) is 0 Å². The van der Waals surface area contributed by atoms with Gasteiger partial charge in [-0.3, -0.25) is 14.2 Å². The van der Waals surface area contributed by atoms with Gasteiger partial charge in [-0.25, -0.2) is 4.98 Å². The summed E-state index contributed by atoms with van der Waals surface area (Å²) in [5.74, 6) is 0.0771. The number of carbonyl (C=O) groups excluding carboxylic acids is 1. The van der Waals surface area contributed by atoms with Crippen molar-refractivity contribution in [2.75, 3.05) is 0 Å². The van der Waals surface area contributed by atoms with E-state index < -0.39 is 0 Å². The lowest BCUT2D eigenvalue weighted by molar-refractivity contribution is -0.129. The highest BCUT2D eigenvalue weighted by atomic mass is 79.9. The predicted molar refractivity (Wildman–Crippen MR) is 88.7 cm³/mol. The molecule has 0 bridgehead atoms. The van der Waals surface area contributed by atoms with Gasteiger partial charge in [-0.2, -0.15) is 0 Å². The van der Waals surface area contributed by atoms with Gasteiger partial charge in [-0.05, 0) is 44.9 Å². The molecule has 1 aliphatic rings. The minimum atomic E-state index is -0.0426. The van der Waals surface area contributed by atoms with Crippen LogP contribution in [0, 0.1) is 5.92 Å². The van der Waals surface area contributed by atoms with Crippen molar-refractivity contribution in [3.8, 4) is 0 Å². The number of fused-ring (bicyclic) bond motifs is 1. The van der Waals surface area contributed by atoms with Crippen molar-refractivity contribution in [1.82, 2.24) is 14.9 Å². The molecule has 0 saturated heterocycles. The van der Waals surface area contributed by atoms with Gasteiger partial charge < -0.3 is 5.32 Å². The zero-order valence-corrected chi connectivity index (χ0v) is 14.1. The largest absolute Gasteiger partial charge is 0.354 e. The van der Waals surface area contributed by atoms with Crippen LogP contribution in [0.2, 0.25) is 0 Å². The Balaban J connectivity index is 1.80. The maximum absolute atomic E-state index is 12.6. The molecule has 5 nitrogen and oxygen atoms in total. The van der Waals surface area contributed by atoms with E-state index in [1.165, 1.54) is 0 Å². The highest BCUT2D eigenvalue weighted by Gasteiger charge is 2.36. The molecule has 6 heteroatoms. The Kier molecular flexibility index (Phi) is 4.04. The first-order chi connectivity index (χ1) is 10.5. The molecule has 0 spiro atoms. The molecule has 0 atom stereocenters. The van der Waals surface area contributed by atoms with Crippen LogP contribution in [0.4, 0.5) is 0 Å². The first-order valence-corrected chi connectivity index (χ1v) is 8.22. The fraction of sp³-hybridized carbons (Fsp3) is 0.438. The minimum absolute atomic E-state index is 0.00231. The topological polar surface area (TPSA) is 64.0 Å². The molecule has 22 heavy (non-hydrogen) atoms. The third kappa shape index (κ3) is 2.79. The molecule has 1 saturated carbocycles. The quantitative estimate of drug-likeness (QED) is 0.911. The molecule has 1 amide bonds. The second kappa shape index (κ2) is 5.83. The molecule has 3 rings (SSSR count). The van der Waals surface area contributed by atoms with Crippen molar-refractivity contribution in [2.45, 2.75) is 38.8 Å². The van der Waals surface area contributed by atoms with Gasteiger partial charge in [-0.15, -0.1) is 0 Å². The number of nitrogens with one attached hydrogen (secondary N) is 1. The van der Waals surface area contributed by atoms with E-state index in [1.54, 1.807) is 17.0 Å². The zero-order chi connectivity index (χ0) is 15.9. The van der Waals surface area contributed by atoms with Crippen LogP contribution >= 0.6 is 15.9 Å². The lowest BCUT2D eigenvalue weighted by atomic mass is 9.79. The van der Waals surface area contributed by atoms with Crippen LogP contribution in [0.15, 0.2) is 33.8 Å². The van der Waals surface area contributed by atoms with Gasteiger partial charge in [0.05, 0.1) is 17.2 Å². The van der Waals surface area contributed by atoms with Crippen molar-refractivity contribution >= 4 is 32.7 Å². The summed E-state index contributed by atoms with van der Waals surface area (Å²) < 4.78 is 2.52. The smallest absolute Gasteiger partial charge is 0.261 e. The summed E-state index contributed by atoms with van der Waals surface area (Å²) in [7, 11) is 0. The molecule has 1 N–H and O–H groups in total. The normalized spacial score (nSPS) is 20.9. The van der Waals surface area contributed by atoms with E-state index in [1.807, 2.05) is 26.0 Å². The molecule has 0 radical (unpaired) electrons. The number of nitrogens with zero attached hydrogens (tertiary/aromatic N) is 2. The third-order valence-corrected chi connectivity index (χ3v) is 4.55. The molecule has 0 unspecified atom stereocenters. The van der Waals surface area contributed by atoms with E-state index in [2.05, 4.69) is 26.2 Å². The Hall–Kier alpha value is -1.69. The number of hydrogen-bond donors (Lipinski definition) is 1. The number of aromatic nitrogens is 2. The first kappa shape index (κ1) is 15.2. The summed E-state index contributed by atoms with van der Waals surface area (Å²) in [5, 5.41) is 3.52. The van der Waals surface area contributed by atoms with E-state index >= 15 is 0 Å². The van der Waals surface area contributed by atoms with Gasteiger partial charge in [0, 0.05) is 22.5 Å². The van der Waals surface area contributed by atoms with Gasteiger partial charge in [0.1, 0.15) is 0 Å². The fourth-order valence-electron chi connectivity index (χ4n) is 2.80. The lowest BCUT2D eigenvalue weighted by Crippen LogP contribution is -2.44. The molecule has 2 aromatic rings. The average molecular weight is 364 g/mol. The van der Waals surface area contributed by atoms with E-state index in [0.717, 1.165) is 4.47 Å². The van der Waals surface area contributed by atoms with Gasteiger partial charge in [0.15, 0.2) is 0 Å². The molecule has 1 aliphatic carbocycles. The van der Waals surface area contributed by atoms with Gasteiger partial charge in [-0.1, -0.05) is 15.9 Å². The van der Waals surface area contributed by atoms with Gasteiger partial charge in [0.2, 0.25) is 5.91 Å². The van der Waals surface area contributed by atoms with Crippen molar-refractivity contribution in [3.63, 3.8) is 0 Å². The highest BCUT2D eigenvalue weighted by Crippen LogP contribution is 2.37. The number of halogens is 1. The number of amides is 1. The van der Waals surface area contributed by atoms with E-state index in [4.69, 9.17) is 0 Å². The Labute approximate surface area is 136 Å². The molecule has 1 heterocycles. The SMILES string of the molecule is CC(C)NC(=O)C1CC(n2cnc3ccc(Br)cc3c2=O)C1. The van der Waals surface area contributed by atoms with E-state index in [9.17, 15) is 9.59 Å². The van der Waals surface area contributed by atoms with E-state index in [0.29, 0.717) is 23.7 Å². The number of hydrogen-bond acceptors (Lipinski definition) is 3. The van der Waals surface area contributed by atoms with Crippen LogP contribution < -0.4 is 10.9 Å². The molecular weight excluding hydrogens is 346 g/mol. The molecular formula is C16H18BrN3O2. The number of benzene rings is 1. The number of carbonyl (C=O) groups is 1. The molecule has 1 aromatic carbocycles. The van der Waals surface area contributed by atoms with Crippen LogP contribution in [0.1, 0.15) is 32.7 Å². The summed E-state index contributed by atoms with van der Waals surface area (Å²) in [4.78, 5) is 28.9. The Bertz CT molecular complexity index is 779. The number of rotatable bonds is 3. The Morgan fingerprint density at radius 3 is 2.82 bits per heavy atom. The van der Waals surface area contributed by atoms with Crippen LogP contribution in [-0.4, -0.2) is 21.5 Å². The summed E-state index contributed by atoms with van der Waals surface area (Å²) in [6.45, 7) is 3.90. The summed E-state index contributed by atoms with van der Waals surface area (Å²) in [6, 6.07) is 5.70. The van der Waals surface area contributed by atoms with Crippen molar-refractivity contribution in [2.24, 2.45) is 5.92 Å². The van der Waals surface area contributed by atoms with Crippen LogP contribution in [0.25, 0.3) is 10.9 Å². The van der Waals surface area contributed by atoms with Crippen LogP contribution in [-0.2, 0) is 4.79 Å². The minimum Gasteiger partial charge on any atom is -0.354 e. The second-order valence-corrected chi connectivity index (χ2v) is 7.02. The van der Waals surface area contributed by atoms with Crippen molar-refractivity contribution < 1.29 is 4.79 Å². The molecule has 1 fully saturated rings. The van der Waals surface area contributed by atoms with Gasteiger partial charge in [0.25, 0.3) is 5.56 Å². The predicted octanol–water partition coefficient (Wildman–Crippen LogP) is 2.63. The van der Waals surface area contributed by atoms with E-state index in [-0.39, 0.29) is 29.5 Å². The Morgan fingerprint density at radius 2 is 2.14 bits per heavy atom. The van der Waals surface area contributed by atoms with Gasteiger partial charge >= 0.3 is 0 Å². The van der Waals surface area contributed by atoms with Crippen molar-refractivity contribution in [1.29, 1.82) is 0 Å². The average Bonchev–Trinajstić information content (AvgIpc) is 2.39. The summed E-state index contributed by atoms with van der Waals surface area (Å²) in [6.07, 6.45) is 2.99. The van der Waals surface area contributed by atoms with Crippen LogP contribution in [0.3, 0.4) is 0 Å².